The largest absolute Gasteiger partial charge is 0.493 e. The Bertz CT molecular complexity index is 1070. The summed E-state index contributed by atoms with van der Waals surface area (Å²) >= 11 is 0. The fraction of sp³-hybridized carbons (Fsp3) is 0.227. The zero-order chi connectivity index (χ0) is 18.3. The van der Waals surface area contributed by atoms with Gasteiger partial charge in [0.05, 0.1) is 23.1 Å². The van der Waals surface area contributed by atoms with Crippen LogP contribution in [0.15, 0.2) is 57.9 Å². The SMILES string of the molecule is CCOc1ccccc1-c1coc2c3c(ccc2c1=O)OC(C)(C)C=C3. The van der Waals surface area contributed by atoms with E-state index in [9.17, 15) is 4.79 Å². The summed E-state index contributed by atoms with van der Waals surface area (Å²) < 4.78 is 17.5. The average Bonchev–Trinajstić information content (AvgIpc) is 2.62. The van der Waals surface area contributed by atoms with Crippen molar-refractivity contribution < 1.29 is 13.9 Å². The lowest BCUT2D eigenvalue weighted by Gasteiger charge is -2.27. The highest BCUT2D eigenvalue weighted by Gasteiger charge is 2.24. The summed E-state index contributed by atoms with van der Waals surface area (Å²) in [5, 5.41) is 0.528. The third-order valence-corrected chi connectivity index (χ3v) is 4.44. The maximum atomic E-state index is 13.1. The summed E-state index contributed by atoms with van der Waals surface area (Å²) in [7, 11) is 0. The summed E-state index contributed by atoms with van der Waals surface area (Å²) in [4.78, 5) is 13.1. The van der Waals surface area contributed by atoms with E-state index in [0.717, 1.165) is 16.9 Å². The predicted molar refractivity (Wildman–Crippen MR) is 103 cm³/mol. The molecule has 0 N–H and O–H groups in total. The maximum absolute atomic E-state index is 13.1. The number of rotatable bonds is 3. The zero-order valence-corrected chi connectivity index (χ0v) is 15.0. The quantitative estimate of drug-likeness (QED) is 0.665. The third-order valence-electron chi connectivity index (χ3n) is 4.44. The molecule has 0 radical (unpaired) electrons. The molecule has 3 aromatic rings. The molecule has 0 amide bonds. The average molecular weight is 348 g/mol. The van der Waals surface area contributed by atoms with Crippen LogP contribution >= 0.6 is 0 Å². The van der Waals surface area contributed by atoms with E-state index >= 15 is 0 Å². The molecule has 132 valence electrons. The molecule has 26 heavy (non-hydrogen) atoms. The van der Waals surface area contributed by atoms with Crippen molar-refractivity contribution in [2.45, 2.75) is 26.4 Å². The van der Waals surface area contributed by atoms with Gasteiger partial charge in [-0.15, -0.1) is 0 Å². The Morgan fingerprint density at radius 1 is 1.08 bits per heavy atom. The number of ether oxygens (including phenoxy) is 2. The van der Waals surface area contributed by atoms with E-state index < -0.39 is 0 Å². The van der Waals surface area contributed by atoms with Gasteiger partial charge in [0.15, 0.2) is 0 Å². The Morgan fingerprint density at radius 2 is 1.88 bits per heavy atom. The van der Waals surface area contributed by atoms with Crippen LogP contribution in [0.1, 0.15) is 26.3 Å². The first-order valence-electron chi connectivity index (χ1n) is 8.69. The van der Waals surface area contributed by atoms with Crippen molar-refractivity contribution in [1.82, 2.24) is 0 Å². The minimum Gasteiger partial charge on any atom is -0.493 e. The van der Waals surface area contributed by atoms with Gasteiger partial charge in [-0.1, -0.05) is 18.2 Å². The Kier molecular flexibility index (Phi) is 3.83. The number of hydrogen-bond acceptors (Lipinski definition) is 4. The lowest BCUT2D eigenvalue weighted by molar-refractivity contribution is 0.159. The van der Waals surface area contributed by atoms with E-state index in [2.05, 4.69) is 0 Å². The van der Waals surface area contributed by atoms with Crippen molar-refractivity contribution in [2.75, 3.05) is 6.61 Å². The molecule has 2 heterocycles. The summed E-state index contributed by atoms with van der Waals surface area (Å²) in [6.07, 6.45) is 5.43. The Balaban J connectivity index is 1.92. The van der Waals surface area contributed by atoms with Crippen LogP contribution in [0.2, 0.25) is 0 Å². The van der Waals surface area contributed by atoms with Gasteiger partial charge in [-0.05, 0) is 51.1 Å². The van der Waals surface area contributed by atoms with Crippen LogP contribution in [0.3, 0.4) is 0 Å². The molecule has 2 aromatic carbocycles. The van der Waals surface area contributed by atoms with Gasteiger partial charge in [0.25, 0.3) is 0 Å². The molecule has 4 rings (SSSR count). The van der Waals surface area contributed by atoms with E-state index in [4.69, 9.17) is 13.9 Å². The van der Waals surface area contributed by atoms with Crippen LogP contribution in [-0.2, 0) is 0 Å². The zero-order valence-electron chi connectivity index (χ0n) is 15.0. The highest BCUT2D eigenvalue weighted by Crippen LogP contribution is 2.36. The van der Waals surface area contributed by atoms with Crippen molar-refractivity contribution in [3.05, 3.63) is 64.5 Å². The minimum absolute atomic E-state index is 0.0839. The van der Waals surface area contributed by atoms with Crippen LogP contribution in [0.25, 0.3) is 28.2 Å². The van der Waals surface area contributed by atoms with Gasteiger partial charge < -0.3 is 13.9 Å². The summed E-state index contributed by atoms with van der Waals surface area (Å²) in [5.41, 5.74) is 2.09. The van der Waals surface area contributed by atoms with Gasteiger partial charge in [-0.2, -0.15) is 0 Å². The third kappa shape index (κ3) is 2.68. The number of benzene rings is 2. The fourth-order valence-corrected chi connectivity index (χ4v) is 3.21. The predicted octanol–water partition coefficient (Wildman–Crippen LogP) is 5.04. The van der Waals surface area contributed by atoms with Gasteiger partial charge in [0.2, 0.25) is 5.43 Å². The van der Waals surface area contributed by atoms with E-state index in [-0.39, 0.29) is 11.0 Å². The Hall–Kier alpha value is -3.01. The molecular weight excluding hydrogens is 328 g/mol. The molecule has 0 atom stereocenters. The maximum Gasteiger partial charge on any atom is 0.200 e. The van der Waals surface area contributed by atoms with Crippen molar-refractivity contribution >= 4 is 17.0 Å². The second kappa shape index (κ2) is 6.06. The van der Waals surface area contributed by atoms with E-state index in [0.29, 0.717) is 28.9 Å². The smallest absolute Gasteiger partial charge is 0.200 e. The van der Waals surface area contributed by atoms with Gasteiger partial charge in [-0.25, -0.2) is 0 Å². The van der Waals surface area contributed by atoms with Gasteiger partial charge >= 0.3 is 0 Å². The molecule has 1 aliphatic heterocycles. The molecule has 0 fully saturated rings. The van der Waals surface area contributed by atoms with E-state index in [1.165, 1.54) is 6.26 Å². The first-order chi connectivity index (χ1) is 12.5. The molecule has 4 heteroatoms. The number of para-hydroxylation sites is 1. The van der Waals surface area contributed by atoms with Crippen LogP contribution in [0.5, 0.6) is 11.5 Å². The van der Waals surface area contributed by atoms with Crippen LogP contribution in [-0.4, -0.2) is 12.2 Å². The molecule has 0 bridgehead atoms. The van der Waals surface area contributed by atoms with E-state index in [1.807, 2.05) is 63.3 Å². The fourth-order valence-electron chi connectivity index (χ4n) is 3.21. The molecule has 1 aromatic heterocycles. The molecular formula is C22H20O4. The van der Waals surface area contributed by atoms with Crippen LogP contribution in [0, 0.1) is 0 Å². The van der Waals surface area contributed by atoms with Crippen LogP contribution in [0.4, 0.5) is 0 Å². The van der Waals surface area contributed by atoms with Gasteiger partial charge in [-0.3, -0.25) is 4.79 Å². The summed E-state index contributed by atoms with van der Waals surface area (Å²) in [6.45, 7) is 6.42. The molecule has 0 aliphatic carbocycles. The molecule has 0 spiro atoms. The standard InChI is InChI=1S/C22H20O4/c1-4-24-18-8-6-5-7-14(18)17-13-25-21-15-11-12-22(2,3)26-19(15)10-9-16(21)20(17)23/h5-13H,4H2,1-3H3. The van der Waals surface area contributed by atoms with Crippen LogP contribution < -0.4 is 14.9 Å². The van der Waals surface area contributed by atoms with Gasteiger partial charge in [0, 0.05) is 5.56 Å². The second-order valence-electron chi connectivity index (χ2n) is 6.80. The second-order valence-corrected chi connectivity index (χ2v) is 6.80. The number of fused-ring (bicyclic) bond motifs is 3. The van der Waals surface area contributed by atoms with Gasteiger partial charge in [0.1, 0.15) is 28.9 Å². The first kappa shape index (κ1) is 16.5. The molecule has 4 nitrogen and oxygen atoms in total. The Morgan fingerprint density at radius 3 is 2.69 bits per heavy atom. The van der Waals surface area contributed by atoms with E-state index in [1.54, 1.807) is 6.07 Å². The van der Waals surface area contributed by atoms with Crippen molar-refractivity contribution in [3.8, 4) is 22.6 Å². The van der Waals surface area contributed by atoms with Crippen molar-refractivity contribution in [3.63, 3.8) is 0 Å². The van der Waals surface area contributed by atoms with Crippen molar-refractivity contribution in [2.24, 2.45) is 0 Å². The number of hydrogen-bond donors (Lipinski definition) is 0. The molecule has 0 saturated carbocycles. The normalized spacial score (nSPS) is 14.7. The Labute approximate surface area is 151 Å². The van der Waals surface area contributed by atoms with Crippen molar-refractivity contribution in [1.29, 1.82) is 0 Å². The summed E-state index contributed by atoms with van der Waals surface area (Å²) in [5.74, 6) is 1.39. The minimum atomic E-state index is -0.378. The molecule has 0 unspecified atom stereocenters. The first-order valence-corrected chi connectivity index (χ1v) is 8.69. The lowest BCUT2D eigenvalue weighted by Crippen LogP contribution is -2.27. The molecule has 0 saturated heterocycles. The molecule has 1 aliphatic rings. The summed E-state index contributed by atoms with van der Waals surface area (Å²) in [6, 6.07) is 11.1. The topological polar surface area (TPSA) is 48.7 Å². The highest BCUT2D eigenvalue weighted by molar-refractivity contribution is 5.91. The monoisotopic (exact) mass is 348 g/mol. The lowest BCUT2D eigenvalue weighted by atomic mass is 9.99. The highest BCUT2D eigenvalue weighted by atomic mass is 16.5.